The van der Waals surface area contributed by atoms with Gasteiger partial charge >= 0.3 is 0 Å². The van der Waals surface area contributed by atoms with Crippen LogP contribution in [-0.4, -0.2) is 5.91 Å². The number of carbonyl (C=O) groups excluding carboxylic acids is 1. The molecule has 0 bridgehead atoms. The molecule has 1 atom stereocenters. The molecule has 0 aliphatic heterocycles. The van der Waals surface area contributed by atoms with Crippen molar-refractivity contribution in [3.05, 3.63) is 33.8 Å². The average molecular weight is 257 g/mol. The predicted molar refractivity (Wildman–Crippen MR) is 59.6 cm³/mol. The third-order valence-electron chi connectivity index (χ3n) is 2.03. The van der Waals surface area contributed by atoms with Gasteiger partial charge in [0.1, 0.15) is 0 Å². The van der Waals surface area contributed by atoms with Crippen LogP contribution in [0.1, 0.15) is 23.6 Å². The Balaban J connectivity index is 2.85. The Bertz CT molecular complexity index is 352. The molecule has 0 aliphatic rings. The third-order valence-corrected chi connectivity index (χ3v) is 2.92. The van der Waals surface area contributed by atoms with Crippen LogP contribution in [0.15, 0.2) is 22.7 Å². The molecular weight excluding hydrogens is 244 g/mol. The molecule has 1 rings (SSSR count). The van der Waals surface area contributed by atoms with Crippen molar-refractivity contribution in [2.24, 2.45) is 11.5 Å². The van der Waals surface area contributed by atoms with Gasteiger partial charge in [0.15, 0.2) is 0 Å². The monoisotopic (exact) mass is 256 g/mol. The maximum Gasteiger partial charge on any atom is 0.219 e. The number of carbonyl (C=O) groups is 1. The van der Waals surface area contributed by atoms with Gasteiger partial charge in [0.05, 0.1) is 0 Å². The van der Waals surface area contributed by atoms with Crippen molar-refractivity contribution < 1.29 is 4.79 Å². The van der Waals surface area contributed by atoms with Crippen LogP contribution in [0, 0.1) is 6.92 Å². The predicted octanol–water partition coefficient (Wildman–Crippen LogP) is 1.63. The van der Waals surface area contributed by atoms with E-state index in [2.05, 4.69) is 15.9 Å². The molecule has 0 saturated carbocycles. The van der Waals surface area contributed by atoms with Crippen molar-refractivity contribution in [3.63, 3.8) is 0 Å². The van der Waals surface area contributed by atoms with E-state index >= 15 is 0 Å². The molecule has 0 spiro atoms. The van der Waals surface area contributed by atoms with Gasteiger partial charge in [-0.25, -0.2) is 0 Å². The molecule has 0 fully saturated rings. The van der Waals surface area contributed by atoms with Gasteiger partial charge < -0.3 is 11.5 Å². The molecule has 0 saturated heterocycles. The summed E-state index contributed by atoms with van der Waals surface area (Å²) in [5.74, 6) is -0.377. The van der Waals surface area contributed by atoms with Crippen LogP contribution in [0.4, 0.5) is 0 Å². The fraction of sp³-hybridized carbons (Fsp3) is 0.300. The highest BCUT2D eigenvalue weighted by Gasteiger charge is 2.09. The maximum atomic E-state index is 10.7. The minimum Gasteiger partial charge on any atom is -0.370 e. The van der Waals surface area contributed by atoms with E-state index in [-0.39, 0.29) is 18.4 Å². The fourth-order valence-electron chi connectivity index (χ4n) is 1.23. The highest BCUT2D eigenvalue weighted by molar-refractivity contribution is 9.10. The molecular formula is C10H13BrN2O. The minimum absolute atomic E-state index is 0.182. The maximum absolute atomic E-state index is 10.7. The summed E-state index contributed by atoms with van der Waals surface area (Å²) >= 11 is 3.40. The zero-order chi connectivity index (χ0) is 10.7. The number of hydrogen-bond donors (Lipinski definition) is 2. The van der Waals surface area contributed by atoms with E-state index in [4.69, 9.17) is 11.5 Å². The lowest BCUT2D eigenvalue weighted by atomic mass is 10.0. The molecule has 4 heteroatoms. The van der Waals surface area contributed by atoms with Crippen LogP contribution in [-0.2, 0) is 4.79 Å². The van der Waals surface area contributed by atoms with Crippen molar-refractivity contribution in [1.82, 2.24) is 0 Å². The minimum atomic E-state index is -0.377. The summed E-state index contributed by atoms with van der Waals surface area (Å²) in [6.07, 6.45) is 0.182. The Morgan fingerprint density at radius 2 is 2.21 bits per heavy atom. The Morgan fingerprint density at radius 3 is 2.71 bits per heavy atom. The van der Waals surface area contributed by atoms with E-state index < -0.39 is 0 Å². The van der Waals surface area contributed by atoms with Gasteiger partial charge in [-0.15, -0.1) is 0 Å². The van der Waals surface area contributed by atoms with Crippen LogP contribution < -0.4 is 11.5 Å². The molecule has 1 amide bonds. The van der Waals surface area contributed by atoms with Gasteiger partial charge in [-0.1, -0.05) is 28.1 Å². The Morgan fingerprint density at radius 1 is 1.57 bits per heavy atom. The number of nitrogens with two attached hydrogens (primary N) is 2. The molecule has 14 heavy (non-hydrogen) atoms. The molecule has 0 aromatic heterocycles. The fourth-order valence-corrected chi connectivity index (χ4v) is 1.48. The van der Waals surface area contributed by atoms with Gasteiger partial charge in [0.2, 0.25) is 5.91 Å². The quantitative estimate of drug-likeness (QED) is 0.864. The molecule has 76 valence electrons. The van der Waals surface area contributed by atoms with Crippen LogP contribution in [0.2, 0.25) is 0 Å². The first-order valence-electron chi connectivity index (χ1n) is 4.30. The van der Waals surface area contributed by atoms with Crippen molar-refractivity contribution >= 4 is 21.8 Å². The second-order valence-corrected chi connectivity index (χ2v) is 4.14. The smallest absolute Gasteiger partial charge is 0.219 e. The number of halogens is 1. The highest BCUT2D eigenvalue weighted by Crippen LogP contribution is 2.21. The first-order chi connectivity index (χ1) is 6.50. The van der Waals surface area contributed by atoms with E-state index in [0.717, 1.165) is 15.6 Å². The van der Waals surface area contributed by atoms with Crippen molar-refractivity contribution in [1.29, 1.82) is 0 Å². The normalized spacial score (nSPS) is 12.5. The molecule has 1 aromatic carbocycles. The van der Waals surface area contributed by atoms with Crippen LogP contribution in [0.25, 0.3) is 0 Å². The van der Waals surface area contributed by atoms with Gasteiger partial charge in [-0.3, -0.25) is 4.79 Å². The lowest BCUT2D eigenvalue weighted by Gasteiger charge is -2.11. The largest absolute Gasteiger partial charge is 0.370 e. The summed E-state index contributed by atoms with van der Waals surface area (Å²) in [5.41, 5.74) is 12.9. The summed E-state index contributed by atoms with van der Waals surface area (Å²) in [7, 11) is 0. The number of aryl methyl sites for hydroxylation is 1. The molecule has 3 nitrogen and oxygen atoms in total. The topological polar surface area (TPSA) is 69.1 Å². The lowest BCUT2D eigenvalue weighted by Crippen LogP contribution is -2.20. The highest BCUT2D eigenvalue weighted by atomic mass is 79.9. The first kappa shape index (κ1) is 11.2. The van der Waals surface area contributed by atoms with Gasteiger partial charge in [0, 0.05) is 16.9 Å². The molecule has 0 unspecified atom stereocenters. The number of hydrogen-bond acceptors (Lipinski definition) is 2. The summed E-state index contributed by atoms with van der Waals surface area (Å²) in [6, 6.07) is 5.47. The molecule has 4 N–H and O–H groups in total. The van der Waals surface area contributed by atoms with E-state index in [0.29, 0.717) is 0 Å². The van der Waals surface area contributed by atoms with E-state index in [9.17, 15) is 4.79 Å². The van der Waals surface area contributed by atoms with Crippen LogP contribution >= 0.6 is 15.9 Å². The number of benzene rings is 1. The zero-order valence-corrected chi connectivity index (χ0v) is 9.54. The van der Waals surface area contributed by atoms with Crippen LogP contribution in [0.5, 0.6) is 0 Å². The second kappa shape index (κ2) is 4.57. The second-order valence-electron chi connectivity index (χ2n) is 3.29. The molecule has 1 aromatic rings. The first-order valence-corrected chi connectivity index (χ1v) is 5.10. The van der Waals surface area contributed by atoms with Gasteiger partial charge in [-0.2, -0.15) is 0 Å². The molecule has 0 radical (unpaired) electrons. The SMILES string of the molecule is Cc1cc([C@H](N)CC(N)=O)ccc1Br. The van der Waals surface area contributed by atoms with Crippen molar-refractivity contribution in [2.75, 3.05) is 0 Å². The number of primary amides is 1. The Kier molecular flexibility index (Phi) is 3.66. The summed E-state index contributed by atoms with van der Waals surface area (Å²) in [4.78, 5) is 10.7. The van der Waals surface area contributed by atoms with Crippen molar-refractivity contribution in [2.45, 2.75) is 19.4 Å². The van der Waals surface area contributed by atoms with Gasteiger partial charge in [0.25, 0.3) is 0 Å². The van der Waals surface area contributed by atoms with E-state index in [1.165, 1.54) is 0 Å². The molecule has 0 aliphatic carbocycles. The number of rotatable bonds is 3. The summed E-state index contributed by atoms with van der Waals surface area (Å²) in [5, 5.41) is 0. The average Bonchev–Trinajstić information content (AvgIpc) is 2.08. The third kappa shape index (κ3) is 2.82. The summed E-state index contributed by atoms with van der Waals surface area (Å²) < 4.78 is 1.03. The van der Waals surface area contributed by atoms with E-state index in [1.807, 2.05) is 25.1 Å². The van der Waals surface area contributed by atoms with Crippen LogP contribution in [0.3, 0.4) is 0 Å². The Hall–Kier alpha value is -0.870. The zero-order valence-electron chi connectivity index (χ0n) is 7.96. The standard InChI is InChI=1S/C10H13BrN2O/c1-6-4-7(2-3-8(6)11)9(12)5-10(13)14/h2-4,9H,5,12H2,1H3,(H2,13,14)/t9-/m1/s1. The van der Waals surface area contributed by atoms with Crippen molar-refractivity contribution in [3.8, 4) is 0 Å². The molecule has 0 heterocycles. The van der Waals surface area contributed by atoms with E-state index in [1.54, 1.807) is 0 Å². The lowest BCUT2D eigenvalue weighted by molar-refractivity contribution is -0.118. The summed E-state index contributed by atoms with van der Waals surface area (Å²) in [6.45, 7) is 1.98. The number of amides is 1. The Labute approximate surface area is 91.6 Å². The van der Waals surface area contributed by atoms with Gasteiger partial charge in [-0.05, 0) is 24.1 Å².